The number of anilines is 2. The van der Waals surface area contributed by atoms with E-state index in [2.05, 4.69) is 32.4 Å². The molecular weight excluding hydrogens is 374 g/mol. The highest BCUT2D eigenvalue weighted by Crippen LogP contribution is 2.25. The molecular formula is C24H25N5O. The summed E-state index contributed by atoms with van der Waals surface area (Å²) in [6.07, 6.45) is 1.86. The second-order valence-corrected chi connectivity index (χ2v) is 7.91. The Morgan fingerprint density at radius 3 is 2.40 bits per heavy atom. The molecule has 2 aromatic carbocycles. The number of carbonyl (C=O) groups excluding carboxylic acids is 1. The predicted molar refractivity (Wildman–Crippen MR) is 120 cm³/mol. The fraction of sp³-hybridized carbons (Fsp3) is 0.208. The van der Waals surface area contributed by atoms with Crippen molar-refractivity contribution in [1.82, 2.24) is 14.6 Å². The van der Waals surface area contributed by atoms with E-state index in [1.165, 1.54) is 5.56 Å². The quantitative estimate of drug-likeness (QED) is 0.526. The summed E-state index contributed by atoms with van der Waals surface area (Å²) < 4.78 is 1.67. The standard InChI is InChI=1S/C24H25N5O/c1-24(2,19-12-8-5-9-13-19)22(30)26-23-25-21-16-20(14-15-29(21)27-23)28(3)17-18-10-6-4-7-11-18/h4-16H,17H2,1-3H3,(H,26,27,30). The van der Waals surface area contributed by atoms with Crippen molar-refractivity contribution in [3.05, 3.63) is 90.1 Å². The Morgan fingerprint density at radius 1 is 1.03 bits per heavy atom. The molecule has 2 aromatic heterocycles. The minimum atomic E-state index is -0.695. The van der Waals surface area contributed by atoms with Crippen LogP contribution < -0.4 is 10.2 Å². The molecule has 0 spiro atoms. The highest BCUT2D eigenvalue weighted by atomic mass is 16.2. The van der Waals surface area contributed by atoms with Crippen LogP contribution in [0, 0.1) is 0 Å². The minimum absolute atomic E-state index is 0.147. The molecule has 2 heterocycles. The summed E-state index contributed by atoms with van der Waals surface area (Å²) in [5, 5.41) is 7.26. The van der Waals surface area contributed by atoms with E-state index in [4.69, 9.17) is 0 Å². The Labute approximate surface area is 176 Å². The topological polar surface area (TPSA) is 62.5 Å². The Kier molecular flexibility index (Phi) is 5.23. The number of nitrogens with one attached hydrogen (secondary N) is 1. The van der Waals surface area contributed by atoms with Gasteiger partial charge in [-0.15, -0.1) is 5.10 Å². The van der Waals surface area contributed by atoms with Gasteiger partial charge >= 0.3 is 0 Å². The van der Waals surface area contributed by atoms with Crippen molar-refractivity contribution in [3.8, 4) is 0 Å². The SMILES string of the molecule is CN(Cc1ccccc1)c1ccn2nc(NC(=O)C(C)(C)c3ccccc3)nc2c1. The second-order valence-electron chi connectivity index (χ2n) is 7.91. The summed E-state index contributed by atoms with van der Waals surface area (Å²) in [5.74, 6) is 0.151. The molecule has 0 aliphatic rings. The second kappa shape index (κ2) is 7.99. The monoisotopic (exact) mass is 399 g/mol. The third-order valence-corrected chi connectivity index (χ3v) is 5.31. The van der Waals surface area contributed by atoms with Crippen LogP contribution in [0.5, 0.6) is 0 Å². The van der Waals surface area contributed by atoms with Crippen molar-refractivity contribution in [2.24, 2.45) is 0 Å². The molecule has 1 N–H and O–H groups in total. The van der Waals surface area contributed by atoms with Crippen LogP contribution in [0.4, 0.5) is 11.6 Å². The van der Waals surface area contributed by atoms with Gasteiger partial charge < -0.3 is 4.90 Å². The van der Waals surface area contributed by atoms with Crippen LogP contribution in [0.3, 0.4) is 0 Å². The molecule has 0 saturated carbocycles. The van der Waals surface area contributed by atoms with Crippen LogP contribution in [-0.4, -0.2) is 27.6 Å². The zero-order valence-electron chi connectivity index (χ0n) is 17.4. The summed E-state index contributed by atoms with van der Waals surface area (Å²) in [7, 11) is 2.04. The van der Waals surface area contributed by atoms with E-state index >= 15 is 0 Å². The molecule has 1 amide bonds. The average molecular weight is 399 g/mol. The molecule has 0 radical (unpaired) electrons. The lowest BCUT2D eigenvalue weighted by molar-refractivity contribution is -0.120. The Balaban J connectivity index is 1.52. The number of hydrogen-bond donors (Lipinski definition) is 1. The number of rotatable bonds is 6. The van der Waals surface area contributed by atoms with Gasteiger partial charge in [0.25, 0.3) is 0 Å². The molecule has 0 saturated heterocycles. The van der Waals surface area contributed by atoms with Crippen molar-refractivity contribution < 1.29 is 4.79 Å². The maximum Gasteiger partial charge on any atom is 0.249 e. The summed E-state index contributed by atoms with van der Waals surface area (Å²) in [5.41, 5.74) is 3.19. The van der Waals surface area contributed by atoms with E-state index < -0.39 is 5.41 Å². The first-order valence-corrected chi connectivity index (χ1v) is 9.92. The van der Waals surface area contributed by atoms with Gasteiger partial charge in [-0.25, -0.2) is 4.52 Å². The summed E-state index contributed by atoms with van der Waals surface area (Å²) in [6, 6.07) is 24.0. The number of aromatic nitrogens is 3. The number of hydrogen-bond acceptors (Lipinski definition) is 4. The molecule has 152 valence electrons. The fourth-order valence-electron chi connectivity index (χ4n) is 3.35. The van der Waals surface area contributed by atoms with E-state index in [0.29, 0.717) is 11.6 Å². The number of fused-ring (bicyclic) bond motifs is 1. The number of benzene rings is 2. The third-order valence-electron chi connectivity index (χ3n) is 5.31. The molecule has 6 nitrogen and oxygen atoms in total. The molecule has 0 unspecified atom stereocenters. The zero-order chi connectivity index (χ0) is 21.1. The molecule has 0 fully saturated rings. The Bertz CT molecular complexity index is 1150. The van der Waals surface area contributed by atoms with Crippen molar-refractivity contribution in [1.29, 1.82) is 0 Å². The Morgan fingerprint density at radius 2 is 1.70 bits per heavy atom. The van der Waals surface area contributed by atoms with Crippen LogP contribution in [0.15, 0.2) is 79.0 Å². The van der Waals surface area contributed by atoms with E-state index in [1.54, 1.807) is 4.52 Å². The first-order valence-electron chi connectivity index (χ1n) is 9.92. The van der Waals surface area contributed by atoms with Gasteiger partial charge in [-0.2, -0.15) is 4.98 Å². The zero-order valence-corrected chi connectivity index (χ0v) is 17.4. The summed E-state index contributed by atoms with van der Waals surface area (Å²) in [4.78, 5) is 19.5. The lowest BCUT2D eigenvalue weighted by Gasteiger charge is -2.23. The highest BCUT2D eigenvalue weighted by Gasteiger charge is 2.30. The van der Waals surface area contributed by atoms with Crippen LogP contribution in [-0.2, 0) is 16.8 Å². The van der Waals surface area contributed by atoms with Gasteiger partial charge in [0.15, 0.2) is 5.65 Å². The van der Waals surface area contributed by atoms with E-state index in [-0.39, 0.29) is 5.91 Å². The molecule has 0 bridgehead atoms. The molecule has 6 heteroatoms. The van der Waals surface area contributed by atoms with Gasteiger partial charge in [-0.05, 0) is 31.0 Å². The van der Waals surface area contributed by atoms with E-state index in [0.717, 1.165) is 17.8 Å². The number of amides is 1. The van der Waals surface area contributed by atoms with Gasteiger partial charge in [-0.1, -0.05) is 60.7 Å². The molecule has 4 rings (SSSR count). The van der Waals surface area contributed by atoms with Gasteiger partial charge in [0, 0.05) is 31.5 Å². The first-order chi connectivity index (χ1) is 14.4. The van der Waals surface area contributed by atoms with Crippen LogP contribution >= 0.6 is 0 Å². The van der Waals surface area contributed by atoms with Gasteiger partial charge in [0.05, 0.1) is 5.41 Å². The minimum Gasteiger partial charge on any atom is -0.370 e. The predicted octanol–water partition coefficient (Wildman–Crippen LogP) is 4.28. The number of pyridine rings is 1. The maximum absolute atomic E-state index is 12.9. The highest BCUT2D eigenvalue weighted by molar-refractivity contribution is 5.97. The van der Waals surface area contributed by atoms with Crippen molar-refractivity contribution in [2.75, 3.05) is 17.3 Å². The normalized spacial score (nSPS) is 11.4. The molecule has 0 aliphatic heterocycles. The average Bonchev–Trinajstić information content (AvgIpc) is 3.16. The lowest BCUT2D eigenvalue weighted by Crippen LogP contribution is -2.35. The first kappa shape index (κ1) is 19.6. The maximum atomic E-state index is 12.9. The largest absolute Gasteiger partial charge is 0.370 e. The van der Waals surface area contributed by atoms with Crippen LogP contribution in [0.1, 0.15) is 25.0 Å². The van der Waals surface area contributed by atoms with Crippen molar-refractivity contribution >= 4 is 23.2 Å². The van der Waals surface area contributed by atoms with Gasteiger partial charge in [0.1, 0.15) is 0 Å². The molecule has 0 atom stereocenters. The number of nitrogens with zero attached hydrogens (tertiary/aromatic N) is 4. The van der Waals surface area contributed by atoms with E-state index in [9.17, 15) is 4.79 Å². The molecule has 4 aromatic rings. The van der Waals surface area contributed by atoms with E-state index in [1.807, 2.05) is 87.8 Å². The Hall–Kier alpha value is -3.67. The molecule has 0 aliphatic carbocycles. The van der Waals surface area contributed by atoms with Gasteiger partial charge in [-0.3, -0.25) is 10.1 Å². The lowest BCUT2D eigenvalue weighted by atomic mass is 9.84. The number of carbonyl (C=O) groups is 1. The van der Waals surface area contributed by atoms with Crippen LogP contribution in [0.25, 0.3) is 5.65 Å². The van der Waals surface area contributed by atoms with Gasteiger partial charge in [0.2, 0.25) is 11.9 Å². The fourth-order valence-corrected chi connectivity index (χ4v) is 3.35. The summed E-state index contributed by atoms with van der Waals surface area (Å²) >= 11 is 0. The van der Waals surface area contributed by atoms with Crippen molar-refractivity contribution in [2.45, 2.75) is 25.8 Å². The third kappa shape index (κ3) is 4.03. The van der Waals surface area contributed by atoms with Crippen LogP contribution in [0.2, 0.25) is 0 Å². The smallest absolute Gasteiger partial charge is 0.249 e. The van der Waals surface area contributed by atoms with Crippen molar-refractivity contribution in [3.63, 3.8) is 0 Å². The summed E-state index contributed by atoms with van der Waals surface area (Å²) in [6.45, 7) is 4.58. The molecule has 30 heavy (non-hydrogen) atoms.